The second-order valence-electron chi connectivity index (χ2n) is 17.8. The smallest absolute Gasteiger partial charge is 0.164 e. The van der Waals surface area contributed by atoms with Gasteiger partial charge in [0.15, 0.2) is 17.5 Å². The third kappa shape index (κ3) is 7.04. The first-order chi connectivity index (χ1) is 34.6. The molecule has 1 heterocycles. The average Bonchev–Trinajstić information content (AvgIpc) is 3.77. The van der Waals surface area contributed by atoms with Gasteiger partial charge < -0.3 is 0 Å². The highest BCUT2D eigenvalue weighted by atomic mass is 15.0. The predicted octanol–water partition coefficient (Wildman–Crippen LogP) is 17.0. The van der Waals surface area contributed by atoms with Crippen molar-refractivity contribution < 1.29 is 0 Å². The van der Waals surface area contributed by atoms with Crippen molar-refractivity contribution in [2.24, 2.45) is 0 Å². The Balaban J connectivity index is 0.837. The molecule has 0 aliphatic heterocycles. The first kappa shape index (κ1) is 40.7. The van der Waals surface area contributed by atoms with Gasteiger partial charge in [0.05, 0.1) is 11.6 Å². The van der Waals surface area contributed by atoms with Crippen LogP contribution in [0.4, 0.5) is 0 Å². The highest BCUT2D eigenvalue weighted by Crippen LogP contribution is 2.49. The van der Waals surface area contributed by atoms with E-state index in [-0.39, 0.29) is 0 Å². The van der Waals surface area contributed by atoms with Gasteiger partial charge >= 0.3 is 0 Å². The fraction of sp³-hybridized carbons (Fsp3) is 0. The maximum absolute atomic E-state index is 10.5. The number of benzene rings is 11. The number of hydrogen-bond donors (Lipinski definition) is 0. The van der Waals surface area contributed by atoms with Gasteiger partial charge in [0.1, 0.15) is 0 Å². The Hall–Kier alpha value is -9.56. The molecule has 4 heteroatoms. The topological polar surface area (TPSA) is 62.5 Å². The molecule has 324 valence electrons. The van der Waals surface area contributed by atoms with Gasteiger partial charge in [-0.3, -0.25) is 0 Å². The molecule has 0 fully saturated rings. The molecule has 1 aliphatic rings. The first-order valence-corrected chi connectivity index (χ1v) is 23.6. The van der Waals surface area contributed by atoms with Gasteiger partial charge in [0.25, 0.3) is 0 Å². The molecular weight excluding hydrogens is 849 g/mol. The van der Waals surface area contributed by atoms with Crippen molar-refractivity contribution in [1.29, 1.82) is 5.26 Å². The molecule has 0 N–H and O–H groups in total. The molecule has 1 aliphatic carbocycles. The molecule has 13 rings (SSSR count). The lowest BCUT2D eigenvalue weighted by Crippen LogP contribution is -2.01. The number of hydrogen-bond acceptors (Lipinski definition) is 4. The van der Waals surface area contributed by atoms with Gasteiger partial charge in [-0.25, -0.2) is 15.0 Å². The molecule has 0 atom stereocenters. The summed E-state index contributed by atoms with van der Waals surface area (Å²) in [7, 11) is 0. The number of fused-ring (bicyclic) bond motifs is 4. The first-order valence-electron chi connectivity index (χ1n) is 23.6. The van der Waals surface area contributed by atoms with Gasteiger partial charge in [0, 0.05) is 22.3 Å². The summed E-state index contributed by atoms with van der Waals surface area (Å²) in [6, 6.07) is 87.5. The predicted molar refractivity (Wildman–Crippen MR) is 287 cm³/mol. The maximum Gasteiger partial charge on any atom is 0.164 e. The minimum absolute atomic E-state index is 0.577. The van der Waals surface area contributed by atoms with E-state index < -0.39 is 0 Å². The molecule has 1 aromatic heterocycles. The van der Waals surface area contributed by atoms with Crippen LogP contribution in [-0.2, 0) is 0 Å². The fourth-order valence-corrected chi connectivity index (χ4v) is 10.4. The second kappa shape index (κ2) is 16.9. The maximum atomic E-state index is 10.5. The van der Waals surface area contributed by atoms with Crippen LogP contribution in [0.15, 0.2) is 243 Å². The fourth-order valence-electron chi connectivity index (χ4n) is 10.4. The van der Waals surface area contributed by atoms with Crippen molar-refractivity contribution in [2.75, 3.05) is 0 Å². The van der Waals surface area contributed by atoms with E-state index in [0.29, 0.717) is 23.0 Å². The van der Waals surface area contributed by atoms with Crippen LogP contribution < -0.4 is 0 Å². The monoisotopic (exact) mass is 888 g/mol. The molecule has 4 nitrogen and oxygen atoms in total. The third-order valence-electron chi connectivity index (χ3n) is 13.8. The van der Waals surface area contributed by atoms with Gasteiger partial charge in [-0.15, -0.1) is 0 Å². The minimum Gasteiger partial charge on any atom is -0.208 e. The summed E-state index contributed by atoms with van der Waals surface area (Å²) in [5.74, 6) is 1.78. The summed E-state index contributed by atoms with van der Waals surface area (Å²) < 4.78 is 0. The van der Waals surface area contributed by atoms with Gasteiger partial charge in [-0.2, -0.15) is 5.26 Å². The zero-order valence-electron chi connectivity index (χ0n) is 37.9. The molecule has 0 saturated heterocycles. The largest absolute Gasteiger partial charge is 0.208 e. The summed E-state index contributed by atoms with van der Waals surface area (Å²) in [6.45, 7) is 0. The summed E-state index contributed by atoms with van der Waals surface area (Å²) in [6.07, 6.45) is 0. The van der Waals surface area contributed by atoms with E-state index in [1.54, 1.807) is 0 Å². The Morgan fingerprint density at radius 1 is 0.271 bits per heavy atom. The zero-order chi connectivity index (χ0) is 46.5. The quantitative estimate of drug-likeness (QED) is 0.152. The number of nitriles is 1. The van der Waals surface area contributed by atoms with Crippen molar-refractivity contribution in [1.82, 2.24) is 15.0 Å². The lowest BCUT2D eigenvalue weighted by Gasteiger charge is -2.15. The van der Waals surface area contributed by atoms with Crippen molar-refractivity contribution in [3.63, 3.8) is 0 Å². The molecule has 0 unspecified atom stereocenters. The normalized spacial score (nSPS) is 11.4. The van der Waals surface area contributed by atoms with Crippen LogP contribution in [-0.4, -0.2) is 15.0 Å². The summed E-state index contributed by atoms with van der Waals surface area (Å²) in [5, 5.41) is 15.4. The van der Waals surface area contributed by atoms with E-state index in [1.807, 2.05) is 48.5 Å². The molecule has 11 aromatic carbocycles. The highest BCUT2D eigenvalue weighted by Gasteiger charge is 2.23. The van der Waals surface area contributed by atoms with E-state index in [0.717, 1.165) is 61.2 Å². The molecule has 0 bridgehead atoms. The van der Waals surface area contributed by atoms with E-state index in [9.17, 15) is 5.26 Å². The summed E-state index contributed by atoms with van der Waals surface area (Å²) >= 11 is 0. The molecular formula is C66H40N4. The van der Waals surface area contributed by atoms with Crippen LogP contribution in [0.25, 0.3) is 134 Å². The van der Waals surface area contributed by atoms with Crippen LogP contribution in [0.1, 0.15) is 5.56 Å². The molecule has 0 amide bonds. The zero-order valence-corrected chi connectivity index (χ0v) is 37.9. The van der Waals surface area contributed by atoms with Crippen LogP contribution in [0, 0.1) is 11.3 Å². The molecule has 0 radical (unpaired) electrons. The third-order valence-corrected chi connectivity index (χ3v) is 13.8. The summed E-state index contributed by atoms with van der Waals surface area (Å²) in [4.78, 5) is 15.3. The molecule has 0 saturated carbocycles. The van der Waals surface area contributed by atoms with E-state index >= 15 is 0 Å². The number of rotatable bonds is 8. The number of aromatic nitrogens is 3. The van der Waals surface area contributed by atoms with Crippen molar-refractivity contribution >= 4 is 21.5 Å². The van der Waals surface area contributed by atoms with Gasteiger partial charge in [0.2, 0.25) is 0 Å². The Labute approximate surface area is 406 Å². The van der Waals surface area contributed by atoms with E-state index in [1.165, 1.54) is 54.9 Å². The lowest BCUT2D eigenvalue weighted by molar-refractivity contribution is 1.07. The average molecular weight is 889 g/mol. The van der Waals surface area contributed by atoms with Gasteiger partial charge in [-0.1, -0.05) is 224 Å². The van der Waals surface area contributed by atoms with Crippen LogP contribution in [0.3, 0.4) is 0 Å². The molecule has 70 heavy (non-hydrogen) atoms. The molecule has 12 aromatic rings. The van der Waals surface area contributed by atoms with Crippen LogP contribution >= 0.6 is 0 Å². The van der Waals surface area contributed by atoms with Crippen molar-refractivity contribution in [3.05, 3.63) is 248 Å². The van der Waals surface area contributed by atoms with Crippen LogP contribution in [0.2, 0.25) is 0 Å². The van der Waals surface area contributed by atoms with Gasteiger partial charge in [-0.05, 0) is 112 Å². The van der Waals surface area contributed by atoms with E-state index in [2.05, 4.69) is 200 Å². The summed E-state index contributed by atoms with van der Waals surface area (Å²) in [5.41, 5.74) is 19.1. The second-order valence-corrected chi connectivity index (χ2v) is 17.8. The highest BCUT2D eigenvalue weighted by molar-refractivity contribution is 6.18. The van der Waals surface area contributed by atoms with Crippen molar-refractivity contribution in [3.8, 4) is 118 Å². The molecule has 0 spiro atoms. The van der Waals surface area contributed by atoms with E-state index in [4.69, 9.17) is 15.0 Å². The standard InChI is InChI=1S/C66H40N4/c67-41-52-19-11-24-55(62(52)45-32-27-43(28-33-45)49-17-10-18-50(39-49)54-37-38-60-57-22-8-7-21-56(57)59-26-12-25-58(54)63(59)60)44-30-34-47(35-31-44)65-68-64(46-14-2-1-3-15-46)69-66(70-65)61-23-9-6-20-53(61)51-36-29-42-13-4-5-16-48(42)40-51/h1-40H. The Bertz CT molecular complexity index is 4030. The Morgan fingerprint density at radius 2 is 0.771 bits per heavy atom. The Morgan fingerprint density at radius 3 is 1.54 bits per heavy atom. The Kier molecular flexibility index (Phi) is 9.85. The lowest BCUT2D eigenvalue weighted by atomic mass is 9.89. The van der Waals surface area contributed by atoms with Crippen molar-refractivity contribution in [2.45, 2.75) is 0 Å². The minimum atomic E-state index is 0.577. The number of nitrogens with zero attached hydrogens (tertiary/aromatic N) is 4. The van der Waals surface area contributed by atoms with Crippen LogP contribution in [0.5, 0.6) is 0 Å². The SMILES string of the molecule is N#Cc1cccc(-c2ccc(-c3nc(-c4ccccc4)nc(-c4ccccc4-c4ccc5ccccc5c4)n3)cc2)c1-c1ccc(-c2cccc(-c3ccc4c5c(cccc35)-c3ccccc3-4)c2)cc1.